The summed E-state index contributed by atoms with van der Waals surface area (Å²) >= 11 is 0. The smallest absolute Gasteiger partial charge is 0.0392 e. The lowest BCUT2D eigenvalue weighted by Gasteiger charge is -2.39. The minimum atomic E-state index is 0.782. The van der Waals surface area contributed by atoms with E-state index in [1.54, 1.807) is 0 Å². The summed E-state index contributed by atoms with van der Waals surface area (Å²) in [6, 6.07) is 7.27. The maximum Gasteiger partial charge on any atom is 0.0392 e. The molecule has 1 saturated heterocycles. The molecule has 2 N–H and O–H groups in total. The highest BCUT2D eigenvalue weighted by molar-refractivity contribution is 5.59. The Kier molecular flexibility index (Phi) is 2.73. The van der Waals surface area contributed by atoms with Gasteiger partial charge in [0.1, 0.15) is 0 Å². The van der Waals surface area contributed by atoms with Gasteiger partial charge in [0, 0.05) is 24.0 Å². The van der Waals surface area contributed by atoms with Crippen molar-refractivity contribution in [3.05, 3.63) is 23.8 Å². The van der Waals surface area contributed by atoms with Gasteiger partial charge in [0.05, 0.1) is 0 Å². The van der Waals surface area contributed by atoms with Gasteiger partial charge in [-0.25, -0.2) is 0 Å². The molecular formula is C15H22N2. The molecule has 3 rings (SSSR count). The summed E-state index contributed by atoms with van der Waals surface area (Å²) in [5.41, 5.74) is 9.50. The number of hydrogen-bond acceptors (Lipinski definition) is 2. The number of fused-ring (bicyclic) bond motifs is 1. The van der Waals surface area contributed by atoms with Crippen LogP contribution in [-0.4, -0.2) is 12.6 Å². The Morgan fingerprint density at radius 1 is 1.12 bits per heavy atom. The molecule has 1 saturated carbocycles. The molecule has 2 unspecified atom stereocenters. The summed E-state index contributed by atoms with van der Waals surface area (Å²) in [5, 5.41) is 0. The highest BCUT2D eigenvalue weighted by Crippen LogP contribution is 2.39. The monoisotopic (exact) mass is 230 g/mol. The van der Waals surface area contributed by atoms with Crippen LogP contribution in [0.3, 0.4) is 0 Å². The fourth-order valence-corrected chi connectivity index (χ4v) is 3.73. The molecule has 2 atom stereocenters. The normalized spacial score (nSPS) is 28.2. The molecule has 1 aromatic rings. The van der Waals surface area contributed by atoms with Crippen molar-refractivity contribution in [2.24, 2.45) is 5.92 Å². The van der Waals surface area contributed by atoms with Crippen molar-refractivity contribution in [2.75, 3.05) is 17.2 Å². The fraction of sp³-hybridized carbons (Fsp3) is 0.600. The molecule has 1 aliphatic carbocycles. The number of piperidine rings is 1. The number of rotatable bonds is 1. The molecule has 2 heteroatoms. The van der Waals surface area contributed by atoms with Crippen LogP contribution >= 0.6 is 0 Å². The molecule has 0 radical (unpaired) electrons. The van der Waals surface area contributed by atoms with E-state index in [1.807, 2.05) is 0 Å². The van der Waals surface area contributed by atoms with E-state index in [-0.39, 0.29) is 0 Å². The van der Waals surface area contributed by atoms with Crippen molar-refractivity contribution in [2.45, 2.75) is 45.1 Å². The third-order valence-corrected chi connectivity index (χ3v) is 4.41. The van der Waals surface area contributed by atoms with Crippen molar-refractivity contribution in [1.82, 2.24) is 0 Å². The maximum atomic E-state index is 5.98. The number of nitrogen functional groups attached to an aromatic ring is 1. The van der Waals surface area contributed by atoms with E-state index in [2.05, 4.69) is 30.0 Å². The van der Waals surface area contributed by atoms with Gasteiger partial charge in [-0.1, -0.05) is 6.42 Å². The van der Waals surface area contributed by atoms with E-state index < -0.39 is 0 Å². The van der Waals surface area contributed by atoms with E-state index in [4.69, 9.17) is 5.73 Å². The summed E-state index contributed by atoms with van der Waals surface area (Å²) < 4.78 is 0. The van der Waals surface area contributed by atoms with Crippen molar-refractivity contribution in [3.63, 3.8) is 0 Å². The molecule has 0 spiro atoms. The molecule has 17 heavy (non-hydrogen) atoms. The van der Waals surface area contributed by atoms with Crippen LogP contribution in [0.4, 0.5) is 11.4 Å². The van der Waals surface area contributed by atoms with Crippen LogP contribution in [0.2, 0.25) is 0 Å². The molecule has 0 amide bonds. The Hall–Kier alpha value is -1.18. The number of anilines is 2. The lowest BCUT2D eigenvalue weighted by molar-refractivity contribution is 0.362. The summed E-state index contributed by atoms with van der Waals surface area (Å²) in [7, 11) is 0. The van der Waals surface area contributed by atoms with Crippen LogP contribution in [0, 0.1) is 12.8 Å². The second-order valence-corrected chi connectivity index (χ2v) is 5.70. The Bertz CT molecular complexity index is 393. The molecular weight excluding hydrogens is 208 g/mol. The molecule has 2 nitrogen and oxygen atoms in total. The van der Waals surface area contributed by atoms with Crippen LogP contribution in [0.25, 0.3) is 0 Å². The SMILES string of the molecule is Cc1cc(N)cc(N2CCCC3CCCC32)c1. The van der Waals surface area contributed by atoms with Gasteiger partial charge in [0.15, 0.2) is 0 Å². The van der Waals surface area contributed by atoms with E-state index in [0.717, 1.165) is 17.6 Å². The summed E-state index contributed by atoms with van der Waals surface area (Å²) in [5.74, 6) is 0.936. The van der Waals surface area contributed by atoms with Gasteiger partial charge < -0.3 is 10.6 Å². The first-order valence-corrected chi connectivity index (χ1v) is 6.88. The summed E-state index contributed by atoms with van der Waals surface area (Å²) in [6.07, 6.45) is 6.99. The van der Waals surface area contributed by atoms with Crippen LogP contribution in [0.15, 0.2) is 18.2 Å². The zero-order valence-corrected chi connectivity index (χ0v) is 10.7. The van der Waals surface area contributed by atoms with Crippen LogP contribution < -0.4 is 10.6 Å². The molecule has 1 aromatic carbocycles. The summed E-state index contributed by atoms with van der Waals surface area (Å²) in [4.78, 5) is 2.62. The van der Waals surface area contributed by atoms with Gasteiger partial charge in [-0.05, 0) is 62.3 Å². The van der Waals surface area contributed by atoms with Gasteiger partial charge in [-0.2, -0.15) is 0 Å². The Balaban J connectivity index is 1.91. The van der Waals surface area contributed by atoms with Crippen molar-refractivity contribution in [3.8, 4) is 0 Å². The predicted molar refractivity (Wildman–Crippen MR) is 73.3 cm³/mol. The van der Waals surface area contributed by atoms with Crippen LogP contribution in [0.5, 0.6) is 0 Å². The molecule has 92 valence electrons. The van der Waals surface area contributed by atoms with Gasteiger partial charge in [-0.15, -0.1) is 0 Å². The topological polar surface area (TPSA) is 29.3 Å². The van der Waals surface area contributed by atoms with E-state index in [1.165, 1.54) is 49.9 Å². The Morgan fingerprint density at radius 2 is 1.94 bits per heavy atom. The quantitative estimate of drug-likeness (QED) is 0.750. The van der Waals surface area contributed by atoms with Gasteiger partial charge >= 0.3 is 0 Å². The van der Waals surface area contributed by atoms with Crippen molar-refractivity contribution in [1.29, 1.82) is 0 Å². The number of aryl methyl sites for hydroxylation is 1. The van der Waals surface area contributed by atoms with E-state index in [0.29, 0.717) is 0 Å². The van der Waals surface area contributed by atoms with Crippen molar-refractivity contribution >= 4 is 11.4 Å². The lowest BCUT2D eigenvalue weighted by Crippen LogP contribution is -2.42. The minimum absolute atomic E-state index is 0.782. The lowest BCUT2D eigenvalue weighted by atomic mass is 9.91. The third kappa shape index (κ3) is 2.01. The molecule has 1 aliphatic heterocycles. The summed E-state index contributed by atoms with van der Waals surface area (Å²) in [6.45, 7) is 3.35. The third-order valence-electron chi connectivity index (χ3n) is 4.41. The molecule has 2 fully saturated rings. The minimum Gasteiger partial charge on any atom is -0.399 e. The average Bonchev–Trinajstić information content (AvgIpc) is 2.75. The van der Waals surface area contributed by atoms with Gasteiger partial charge in [0.2, 0.25) is 0 Å². The zero-order chi connectivity index (χ0) is 11.8. The molecule has 2 aliphatic rings. The average molecular weight is 230 g/mol. The molecule has 1 heterocycles. The first-order valence-electron chi connectivity index (χ1n) is 6.88. The standard InChI is InChI=1S/C15H22N2/c1-11-8-13(16)10-14(9-11)17-7-3-5-12-4-2-6-15(12)17/h8-10,12,15H,2-7,16H2,1H3. The highest BCUT2D eigenvalue weighted by atomic mass is 15.2. The Morgan fingerprint density at radius 3 is 2.76 bits per heavy atom. The van der Waals surface area contributed by atoms with Crippen LogP contribution in [-0.2, 0) is 0 Å². The van der Waals surface area contributed by atoms with Gasteiger partial charge in [0.25, 0.3) is 0 Å². The predicted octanol–water partition coefficient (Wildman–Crippen LogP) is 3.35. The second kappa shape index (κ2) is 4.25. The highest BCUT2D eigenvalue weighted by Gasteiger charge is 2.34. The fourth-order valence-electron chi connectivity index (χ4n) is 3.73. The zero-order valence-electron chi connectivity index (χ0n) is 10.7. The molecule has 0 bridgehead atoms. The number of nitrogens with two attached hydrogens (primary N) is 1. The van der Waals surface area contributed by atoms with Gasteiger partial charge in [-0.3, -0.25) is 0 Å². The van der Waals surface area contributed by atoms with Crippen molar-refractivity contribution < 1.29 is 0 Å². The second-order valence-electron chi connectivity index (χ2n) is 5.70. The Labute approximate surface area is 104 Å². The van der Waals surface area contributed by atoms with E-state index >= 15 is 0 Å². The number of benzene rings is 1. The molecule has 0 aromatic heterocycles. The largest absolute Gasteiger partial charge is 0.399 e. The number of nitrogens with zero attached hydrogens (tertiary/aromatic N) is 1. The number of hydrogen-bond donors (Lipinski definition) is 1. The first kappa shape index (κ1) is 10.9. The van der Waals surface area contributed by atoms with E-state index in [9.17, 15) is 0 Å². The first-order chi connectivity index (χ1) is 8.24. The maximum absolute atomic E-state index is 5.98. The van der Waals surface area contributed by atoms with Crippen LogP contribution in [0.1, 0.15) is 37.7 Å².